The number of carbonyl (C=O) groups is 1. The topological polar surface area (TPSA) is 73.3 Å². The summed E-state index contributed by atoms with van der Waals surface area (Å²) >= 11 is 13.5. The summed E-state index contributed by atoms with van der Waals surface area (Å²) < 4.78 is 10.5. The molecule has 0 saturated heterocycles. The Morgan fingerprint density at radius 3 is 2.08 bits per heavy atom. The Morgan fingerprint density at radius 2 is 1.67 bits per heavy atom. The second-order valence-electron chi connectivity index (χ2n) is 5.90. The maximum Gasteiger partial charge on any atom is 0.265 e. The van der Waals surface area contributed by atoms with E-state index >= 15 is 0 Å². The number of carbonyl (C=O) groups excluding carboxylic acids is 1. The number of nitrogens with zero attached hydrogens (tertiary/aromatic N) is 2. The molecular formula is C15H17Cl2N3O3S. The zero-order chi connectivity index (χ0) is 18.1. The van der Waals surface area contributed by atoms with Gasteiger partial charge in [-0.2, -0.15) is 0 Å². The van der Waals surface area contributed by atoms with E-state index in [9.17, 15) is 4.79 Å². The fraction of sp³-hybridized carbons (Fsp3) is 0.400. The lowest BCUT2D eigenvalue weighted by Gasteiger charge is -2.15. The number of aromatic nitrogens is 2. The molecule has 0 aliphatic rings. The van der Waals surface area contributed by atoms with Crippen LogP contribution in [0.15, 0.2) is 6.07 Å². The molecule has 1 aromatic heterocycles. The van der Waals surface area contributed by atoms with Crippen molar-refractivity contribution in [2.24, 2.45) is 0 Å². The molecule has 130 valence electrons. The van der Waals surface area contributed by atoms with Gasteiger partial charge in [0, 0.05) is 5.41 Å². The molecule has 1 amide bonds. The summed E-state index contributed by atoms with van der Waals surface area (Å²) in [5.74, 6) is -0.142. The van der Waals surface area contributed by atoms with E-state index in [1.165, 1.54) is 31.6 Å². The lowest BCUT2D eigenvalue weighted by molar-refractivity contribution is 0.102. The lowest BCUT2D eigenvalue weighted by atomic mass is 9.98. The maximum atomic E-state index is 12.7. The van der Waals surface area contributed by atoms with Crippen molar-refractivity contribution in [2.45, 2.75) is 26.2 Å². The first-order valence-electron chi connectivity index (χ1n) is 6.94. The van der Waals surface area contributed by atoms with Crippen LogP contribution >= 0.6 is 34.5 Å². The van der Waals surface area contributed by atoms with Gasteiger partial charge in [-0.25, -0.2) is 0 Å². The van der Waals surface area contributed by atoms with Gasteiger partial charge in [0.15, 0.2) is 11.5 Å². The van der Waals surface area contributed by atoms with Gasteiger partial charge in [-0.05, 0) is 6.07 Å². The van der Waals surface area contributed by atoms with Crippen LogP contribution in [-0.2, 0) is 5.41 Å². The van der Waals surface area contributed by atoms with E-state index in [-0.39, 0.29) is 32.5 Å². The molecule has 0 aliphatic carbocycles. The number of halogens is 2. The fourth-order valence-corrected chi connectivity index (χ4v) is 3.34. The summed E-state index contributed by atoms with van der Waals surface area (Å²) in [6, 6.07) is 1.46. The van der Waals surface area contributed by atoms with Gasteiger partial charge in [0.1, 0.15) is 10.6 Å². The third kappa shape index (κ3) is 3.74. The molecule has 1 heterocycles. The summed E-state index contributed by atoms with van der Waals surface area (Å²) in [4.78, 5) is 12.7. The highest BCUT2D eigenvalue weighted by molar-refractivity contribution is 7.15. The third-order valence-corrected chi connectivity index (χ3v) is 4.89. The van der Waals surface area contributed by atoms with Crippen molar-refractivity contribution in [3.8, 4) is 11.5 Å². The molecule has 9 heteroatoms. The molecule has 1 aromatic carbocycles. The maximum absolute atomic E-state index is 12.7. The van der Waals surface area contributed by atoms with Crippen LogP contribution < -0.4 is 14.8 Å². The standard InChI is InChI=1S/C15H17Cl2N3O3S/c1-15(2,3)13-19-20-14(24-13)18-12(21)9-10(22-4)7(16)6-8(17)11(9)23-5/h6H,1-5H3,(H,18,20,21). The van der Waals surface area contributed by atoms with Crippen LogP contribution in [0.4, 0.5) is 5.13 Å². The Hall–Kier alpha value is -1.57. The van der Waals surface area contributed by atoms with Crippen LogP contribution in [0.1, 0.15) is 36.1 Å². The quantitative estimate of drug-likeness (QED) is 0.837. The molecule has 0 radical (unpaired) electrons. The van der Waals surface area contributed by atoms with Crippen molar-refractivity contribution in [3.05, 3.63) is 26.7 Å². The number of methoxy groups -OCH3 is 2. The van der Waals surface area contributed by atoms with E-state index in [4.69, 9.17) is 32.7 Å². The minimum atomic E-state index is -0.496. The van der Waals surface area contributed by atoms with Gasteiger partial charge < -0.3 is 9.47 Å². The van der Waals surface area contributed by atoms with Gasteiger partial charge >= 0.3 is 0 Å². The minimum absolute atomic E-state index is 0.102. The van der Waals surface area contributed by atoms with Gasteiger partial charge in [-0.15, -0.1) is 10.2 Å². The Balaban J connectivity index is 2.41. The van der Waals surface area contributed by atoms with Crippen LogP contribution in [0.2, 0.25) is 10.0 Å². The van der Waals surface area contributed by atoms with Crippen LogP contribution in [0.3, 0.4) is 0 Å². The zero-order valence-electron chi connectivity index (χ0n) is 13.9. The predicted molar refractivity (Wildman–Crippen MR) is 96.1 cm³/mol. The Labute approximate surface area is 154 Å². The van der Waals surface area contributed by atoms with Crippen molar-refractivity contribution in [3.63, 3.8) is 0 Å². The van der Waals surface area contributed by atoms with E-state index in [1.54, 1.807) is 0 Å². The van der Waals surface area contributed by atoms with Crippen LogP contribution in [0.25, 0.3) is 0 Å². The van der Waals surface area contributed by atoms with E-state index in [0.717, 1.165) is 5.01 Å². The molecule has 0 bridgehead atoms. The number of nitrogens with one attached hydrogen (secondary N) is 1. The normalized spacial score (nSPS) is 11.3. The highest BCUT2D eigenvalue weighted by Crippen LogP contribution is 2.41. The van der Waals surface area contributed by atoms with Gasteiger partial charge in [0.05, 0.1) is 24.3 Å². The molecule has 0 saturated carbocycles. The Morgan fingerprint density at radius 1 is 1.12 bits per heavy atom. The van der Waals surface area contributed by atoms with Gasteiger partial charge in [0.2, 0.25) is 5.13 Å². The van der Waals surface area contributed by atoms with E-state index < -0.39 is 5.91 Å². The molecule has 2 rings (SSSR count). The van der Waals surface area contributed by atoms with Gasteiger partial charge in [-0.1, -0.05) is 55.3 Å². The van der Waals surface area contributed by atoms with Crippen LogP contribution in [0.5, 0.6) is 11.5 Å². The Bertz CT molecular complexity index is 744. The number of hydrogen-bond donors (Lipinski definition) is 1. The Kier molecular flexibility index (Phi) is 5.57. The van der Waals surface area contributed by atoms with E-state index in [2.05, 4.69) is 15.5 Å². The molecular weight excluding hydrogens is 373 g/mol. The van der Waals surface area contributed by atoms with Crippen molar-refractivity contribution >= 4 is 45.6 Å². The molecule has 0 spiro atoms. The summed E-state index contributed by atoms with van der Waals surface area (Å²) in [7, 11) is 2.82. The second kappa shape index (κ2) is 7.13. The van der Waals surface area contributed by atoms with Crippen molar-refractivity contribution in [1.82, 2.24) is 10.2 Å². The van der Waals surface area contributed by atoms with E-state index in [1.807, 2.05) is 20.8 Å². The van der Waals surface area contributed by atoms with Crippen LogP contribution in [0, 0.1) is 0 Å². The van der Waals surface area contributed by atoms with Crippen molar-refractivity contribution in [1.29, 1.82) is 0 Å². The number of benzene rings is 1. The molecule has 1 N–H and O–H groups in total. The molecule has 0 aliphatic heterocycles. The van der Waals surface area contributed by atoms with Crippen molar-refractivity contribution < 1.29 is 14.3 Å². The largest absolute Gasteiger partial charge is 0.494 e. The lowest BCUT2D eigenvalue weighted by Crippen LogP contribution is -2.15. The number of rotatable bonds is 4. The average molecular weight is 390 g/mol. The highest BCUT2D eigenvalue weighted by Gasteiger charge is 2.26. The predicted octanol–water partition coefficient (Wildman–Crippen LogP) is 4.41. The molecule has 0 atom stereocenters. The smallest absolute Gasteiger partial charge is 0.265 e. The highest BCUT2D eigenvalue weighted by atomic mass is 35.5. The number of ether oxygens (including phenoxy) is 2. The first kappa shape index (κ1) is 18.8. The number of hydrogen-bond acceptors (Lipinski definition) is 6. The summed E-state index contributed by atoms with van der Waals surface area (Å²) in [6.45, 7) is 6.05. The monoisotopic (exact) mass is 389 g/mol. The summed E-state index contributed by atoms with van der Waals surface area (Å²) in [6.07, 6.45) is 0. The molecule has 0 unspecified atom stereocenters. The molecule has 24 heavy (non-hydrogen) atoms. The molecule has 2 aromatic rings. The molecule has 6 nitrogen and oxygen atoms in total. The number of amides is 1. The van der Waals surface area contributed by atoms with Crippen molar-refractivity contribution in [2.75, 3.05) is 19.5 Å². The first-order valence-corrected chi connectivity index (χ1v) is 8.51. The molecule has 0 fully saturated rings. The SMILES string of the molecule is COc1c(Cl)cc(Cl)c(OC)c1C(=O)Nc1nnc(C(C)(C)C)s1. The summed E-state index contributed by atoms with van der Waals surface area (Å²) in [5.41, 5.74) is -0.0555. The van der Waals surface area contributed by atoms with Crippen LogP contribution in [-0.4, -0.2) is 30.3 Å². The summed E-state index contributed by atoms with van der Waals surface area (Å²) in [5, 5.41) is 12.4. The minimum Gasteiger partial charge on any atom is -0.494 e. The third-order valence-electron chi connectivity index (χ3n) is 3.06. The zero-order valence-corrected chi connectivity index (χ0v) is 16.2. The second-order valence-corrected chi connectivity index (χ2v) is 7.69. The van der Waals surface area contributed by atoms with E-state index in [0.29, 0.717) is 5.13 Å². The number of anilines is 1. The first-order chi connectivity index (χ1) is 11.2. The fourth-order valence-electron chi connectivity index (χ4n) is 1.93. The average Bonchev–Trinajstić information content (AvgIpc) is 2.95. The van der Waals surface area contributed by atoms with Gasteiger partial charge in [0.25, 0.3) is 5.91 Å². The van der Waals surface area contributed by atoms with Gasteiger partial charge in [-0.3, -0.25) is 10.1 Å².